The molecule has 14 heavy (non-hydrogen) atoms. The molecule has 0 saturated heterocycles. The van der Waals surface area contributed by atoms with Crippen LogP contribution in [0.3, 0.4) is 0 Å². The van der Waals surface area contributed by atoms with Crippen LogP contribution in [-0.4, -0.2) is 18.1 Å². The number of esters is 1. The van der Waals surface area contributed by atoms with E-state index in [4.69, 9.17) is 0 Å². The topological polar surface area (TPSA) is 39.2 Å². The Morgan fingerprint density at radius 2 is 2.36 bits per heavy atom. The van der Waals surface area contributed by atoms with Crippen LogP contribution in [0.25, 0.3) is 0 Å². The van der Waals surface area contributed by atoms with Crippen molar-refractivity contribution in [3.63, 3.8) is 0 Å². The summed E-state index contributed by atoms with van der Waals surface area (Å²) >= 11 is 0. The van der Waals surface area contributed by atoms with Gasteiger partial charge in [0.15, 0.2) is 0 Å². The molecule has 3 nitrogen and oxygen atoms in total. The lowest BCUT2D eigenvalue weighted by Crippen LogP contribution is -1.97. The molecule has 0 radical (unpaired) electrons. The Balaban J connectivity index is 2.59. The summed E-state index contributed by atoms with van der Waals surface area (Å²) in [4.78, 5) is 14.8. The number of hydrogen-bond donors (Lipinski definition) is 0. The average molecular weight is 189 g/mol. The fraction of sp³-hybridized carbons (Fsp3) is 0.273. The lowest BCUT2D eigenvalue weighted by Gasteiger charge is -1.91. The fourth-order valence-corrected chi connectivity index (χ4v) is 0.821. The van der Waals surface area contributed by atoms with Gasteiger partial charge in [0.25, 0.3) is 0 Å². The molecule has 72 valence electrons. The van der Waals surface area contributed by atoms with Crippen LogP contribution in [0, 0.1) is 18.8 Å². The van der Waals surface area contributed by atoms with Crippen LogP contribution in [-0.2, 0) is 9.53 Å². The van der Waals surface area contributed by atoms with Gasteiger partial charge in [-0.2, -0.15) is 0 Å². The number of rotatable bonds is 1. The van der Waals surface area contributed by atoms with Gasteiger partial charge in [0.1, 0.15) is 12.1 Å². The highest BCUT2D eigenvalue weighted by molar-refractivity contribution is 5.72. The van der Waals surface area contributed by atoms with Gasteiger partial charge in [0.05, 0.1) is 7.11 Å². The van der Waals surface area contributed by atoms with E-state index in [1.165, 1.54) is 7.11 Å². The molecule has 0 aliphatic rings. The van der Waals surface area contributed by atoms with Crippen molar-refractivity contribution in [1.82, 2.24) is 4.98 Å². The van der Waals surface area contributed by atoms with Crippen molar-refractivity contribution in [1.29, 1.82) is 0 Å². The molecule has 1 aromatic rings. The monoisotopic (exact) mass is 189 g/mol. The van der Waals surface area contributed by atoms with Gasteiger partial charge >= 0.3 is 5.97 Å². The van der Waals surface area contributed by atoms with Crippen LogP contribution < -0.4 is 0 Å². The molecule has 0 atom stereocenters. The quantitative estimate of drug-likeness (QED) is 0.494. The molecule has 0 aromatic carbocycles. The predicted molar refractivity (Wildman–Crippen MR) is 52.5 cm³/mol. The van der Waals surface area contributed by atoms with Crippen molar-refractivity contribution in [3.05, 3.63) is 29.6 Å². The summed E-state index contributed by atoms with van der Waals surface area (Å²) in [5.41, 5.74) is 1.75. The third-order valence-electron chi connectivity index (χ3n) is 1.59. The highest BCUT2D eigenvalue weighted by Crippen LogP contribution is 1.96. The molecular formula is C11H11NO2. The fourth-order valence-electron chi connectivity index (χ4n) is 0.821. The molecule has 0 aliphatic heterocycles. The van der Waals surface area contributed by atoms with E-state index in [1.807, 2.05) is 19.1 Å². The van der Waals surface area contributed by atoms with Crippen molar-refractivity contribution in [2.45, 2.75) is 13.3 Å². The first-order chi connectivity index (χ1) is 6.72. The van der Waals surface area contributed by atoms with Gasteiger partial charge in [-0.15, -0.1) is 0 Å². The van der Waals surface area contributed by atoms with Gasteiger partial charge in [-0.05, 0) is 24.5 Å². The Labute approximate surface area is 83.1 Å². The molecule has 0 N–H and O–H groups in total. The average Bonchev–Trinajstić information content (AvgIpc) is 2.21. The van der Waals surface area contributed by atoms with Crippen LogP contribution in [0.15, 0.2) is 18.3 Å². The number of methoxy groups -OCH3 is 1. The Kier molecular flexibility index (Phi) is 3.69. The molecule has 0 unspecified atom stereocenters. The molecule has 1 aromatic heterocycles. The Bertz CT molecular complexity index is 371. The molecule has 0 saturated carbocycles. The molecule has 1 rings (SSSR count). The highest BCUT2D eigenvalue weighted by Gasteiger charge is 1.93. The lowest BCUT2D eigenvalue weighted by atomic mass is 10.3. The van der Waals surface area contributed by atoms with Gasteiger partial charge in [0.2, 0.25) is 0 Å². The standard InChI is InChI=1S/C11H11NO2/c1-9-6-7-10(12-8-9)4-3-5-11(13)14-2/h6-8H,5H2,1-2H3. The zero-order valence-electron chi connectivity index (χ0n) is 8.20. The maximum Gasteiger partial charge on any atom is 0.317 e. The second kappa shape index (κ2) is 5.03. The first-order valence-electron chi connectivity index (χ1n) is 4.20. The van der Waals surface area contributed by atoms with E-state index in [0.717, 1.165) is 5.56 Å². The van der Waals surface area contributed by atoms with Crippen LogP contribution in [0.1, 0.15) is 17.7 Å². The number of carbonyl (C=O) groups is 1. The predicted octanol–water partition coefficient (Wildman–Crippen LogP) is 1.30. The zero-order valence-corrected chi connectivity index (χ0v) is 8.20. The molecular weight excluding hydrogens is 178 g/mol. The minimum Gasteiger partial charge on any atom is -0.468 e. The summed E-state index contributed by atoms with van der Waals surface area (Å²) in [6.45, 7) is 1.96. The van der Waals surface area contributed by atoms with Crippen LogP contribution in [0.5, 0.6) is 0 Å². The van der Waals surface area contributed by atoms with Gasteiger partial charge in [-0.3, -0.25) is 4.79 Å². The molecule has 0 spiro atoms. The van der Waals surface area contributed by atoms with Crippen LogP contribution >= 0.6 is 0 Å². The number of pyridine rings is 1. The number of carbonyl (C=O) groups excluding carboxylic acids is 1. The molecule has 0 amide bonds. The molecule has 0 aliphatic carbocycles. The second-order valence-corrected chi connectivity index (χ2v) is 2.78. The summed E-state index contributed by atoms with van der Waals surface area (Å²) in [6, 6.07) is 3.74. The highest BCUT2D eigenvalue weighted by atomic mass is 16.5. The normalized spacial score (nSPS) is 8.71. The van der Waals surface area contributed by atoms with Crippen molar-refractivity contribution in [3.8, 4) is 11.8 Å². The summed E-state index contributed by atoms with van der Waals surface area (Å²) in [5, 5.41) is 0. The summed E-state index contributed by atoms with van der Waals surface area (Å²) in [6.07, 6.45) is 1.84. The largest absolute Gasteiger partial charge is 0.468 e. The third kappa shape index (κ3) is 3.28. The van der Waals surface area contributed by atoms with Crippen molar-refractivity contribution in [2.24, 2.45) is 0 Å². The molecule has 0 fully saturated rings. The Morgan fingerprint density at radius 3 is 2.93 bits per heavy atom. The summed E-state index contributed by atoms with van der Waals surface area (Å²) in [5.74, 6) is 5.13. The SMILES string of the molecule is COC(=O)CC#Cc1ccc(C)cn1. The van der Waals surface area contributed by atoms with E-state index in [1.54, 1.807) is 6.20 Å². The number of hydrogen-bond acceptors (Lipinski definition) is 3. The lowest BCUT2D eigenvalue weighted by molar-refractivity contribution is -0.139. The van der Waals surface area contributed by atoms with E-state index in [-0.39, 0.29) is 12.4 Å². The third-order valence-corrected chi connectivity index (χ3v) is 1.59. The van der Waals surface area contributed by atoms with Gasteiger partial charge in [0, 0.05) is 6.20 Å². The van der Waals surface area contributed by atoms with Gasteiger partial charge in [-0.25, -0.2) is 4.98 Å². The van der Waals surface area contributed by atoms with Gasteiger partial charge in [-0.1, -0.05) is 12.0 Å². The van der Waals surface area contributed by atoms with E-state index in [0.29, 0.717) is 5.69 Å². The van der Waals surface area contributed by atoms with Crippen LogP contribution in [0.4, 0.5) is 0 Å². The molecule has 3 heteroatoms. The van der Waals surface area contributed by atoms with E-state index in [9.17, 15) is 4.79 Å². The Hall–Kier alpha value is -1.82. The first-order valence-corrected chi connectivity index (χ1v) is 4.20. The smallest absolute Gasteiger partial charge is 0.317 e. The molecule has 0 bridgehead atoms. The summed E-state index contributed by atoms with van der Waals surface area (Å²) < 4.78 is 4.45. The number of nitrogens with zero attached hydrogens (tertiary/aromatic N) is 1. The first kappa shape index (κ1) is 10.3. The minimum absolute atomic E-state index is 0.103. The number of aryl methyl sites for hydroxylation is 1. The molecule has 1 heterocycles. The van der Waals surface area contributed by atoms with Crippen molar-refractivity contribution in [2.75, 3.05) is 7.11 Å². The van der Waals surface area contributed by atoms with Gasteiger partial charge < -0.3 is 4.74 Å². The Morgan fingerprint density at radius 1 is 1.57 bits per heavy atom. The second-order valence-electron chi connectivity index (χ2n) is 2.78. The van der Waals surface area contributed by atoms with E-state index < -0.39 is 0 Å². The van der Waals surface area contributed by atoms with Crippen molar-refractivity contribution >= 4 is 5.97 Å². The van der Waals surface area contributed by atoms with Crippen molar-refractivity contribution < 1.29 is 9.53 Å². The van der Waals surface area contributed by atoms with Crippen LogP contribution in [0.2, 0.25) is 0 Å². The zero-order chi connectivity index (χ0) is 10.4. The number of aromatic nitrogens is 1. The number of ether oxygens (including phenoxy) is 1. The maximum absolute atomic E-state index is 10.7. The minimum atomic E-state index is -0.329. The maximum atomic E-state index is 10.7. The summed E-state index contributed by atoms with van der Waals surface area (Å²) in [7, 11) is 1.34. The van der Waals surface area contributed by atoms with E-state index in [2.05, 4.69) is 21.6 Å². The van der Waals surface area contributed by atoms with E-state index >= 15 is 0 Å².